The Hall–Kier alpha value is -1.39. The Kier molecular flexibility index (Phi) is 4.56. The van der Waals surface area contributed by atoms with E-state index in [-0.39, 0.29) is 5.91 Å². The van der Waals surface area contributed by atoms with Crippen LogP contribution in [0.3, 0.4) is 0 Å². The zero-order valence-electron chi connectivity index (χ0n) is 10.3. The number of aromatic nitrogens is 1. The van der Waals surface area contributed by atoms with E-state index in [1.54, 1.807) is 30.6 Å². The Morgan fingerprint density at radius 1 is 1.42 bits per heavy atom. The molecule has 1 aromatic heterocycles. The topological polar surface area (TPSA) is 42.0 Å². The maximum Gasteiger partial charge on any atom is 0.252 e. The van der Waals surface area contributed by atoms with Gasteiger partial charge in [-0.15, -0.1) is 0 Å². The minimum absolute atomic E-state index is 0.139. The third kappa shape index (κ3) is 3.55. The van der Waals surface area contributed by atoms with Crippen molar-refractivity contribution in [3.8, 4) is 0 Å². The lowest BCUT2D eigenvalue weighted by Crippen LogP contribution is -2.23. The van der Waals surface area contributed by atoms with Gasteiger partial charge in [-0.3, -0.25) is 9.78 Å². The molecule has 19 heavy (non-hydrogen) atoms. The minimum Gasteiger partial charge on any atom is -0.348 e. The minimum atomic E-state index is -0.139. The van der Waals surface area contributed by atoms with Crippen LogP contribution in [0.25, 0.3) is 0 Å². The van der Waals surface area contributed by atoms with Crippen LogP contribution >= 0.6 is 27.5 Å². The second-order valence-corrected chi connectivity index (χ2v) is 5.40. The molecule has 2 aromatic rings. The first-order chi connectivity index (χ1) is 9.08. The average molecular weight is 340 g/mol. The highest BCUT2D eigenvalue weighted by atomic mass is 79.9. The van der Waals surface area contributed by atoms with Gasteiger partial charge in [0, 0.05) is 28.4 Å². The van der Waals surface area contributed by atoms with Crippen molar-refractivity contribution in [2.24, 2.45) is 0 Å². The van der Waals surface area contributed by atoms with Gasteiger partial charge in [-0.1, -0.05) is 11.6 Å². The van der Waals surface area contributed by atoms with Gasteiger partial charge >= 0.3 is 0 Å². The van der Waals surface area contributed by atoms with Gasteiger partial charge in [-0.05, 0) is 58.2 Å². The van der Waals surface area contributed by atoms with E-state index in [4.69, 9.17) is 11.6 Å². The van der Waals surface area contributed by atoms with Crippen LogP contribution in [0, 0.1) is 6.92 Å². The smallest absolute Gasteiger partial charge is 0.252 e. The van der Waals surface area contributed by atoms with Crippen LogP contribution in [0.1, 0.15) is 21.5 Å². The summed E-state index contributed by atoms with van der Waals surface area (Å²) in [6.45, 7) is 2.44. The van der Waals surface area contributed by atoms with Crippen molar-refractivity contribution < 1.29 is 4.79 Å². The Labute approximate surface area is 125 Å². The molecular weight excluding hydrogens is 328 g/mol. The van der Waals surface area contributed by atoms with Gasteiger partial charge in [0.25, 0.3) is 5.91 Å². The summed E-state index contributed by atoms with van der Waals surface area (Å²) in [5.74, 6) is -0.139. The fraction of sp³-hybridized carbons (Fsp3) is 0.143. The molecule has 0 saturated heterocycles. The molecule has 3 nitrogen and oxygen atoms in total. The molecule has 5 heteroatoms. The largest absolute Gasteiger partial charge is 0.348 e. The van der Waals surface area contributed by atoms with Crippen LogP contribution < -0.4 is 5.32 Å². The van der Waals surface area contributed by atoms with Crippen molar-refractivity contribution in [1.82, 2.24) is 10.3 Å². The van der Waals surface area contributed by atoms with Gasteiger partial charge in [-0.25, -0.2) is 0 Å². The third-order valence-electron chi connectivity index (χ3n) is 2.75. The lowest BCUT2D eigenvalue weighted by molar-refractivity contribution is 0.0950. The molecule has 0 spiro atoms. The molecule has 0 aliphatic carbocycles. The second-order valence-electron chi connectivity index (χ2n) is 4.11. The molecule has 0 bridgehead atoms. The number of hydrogen-bond acceptors (Lipinski definition) is 2. The molecule has 1 aromatic carbocycles. The van der Waals surface area contributed by atoms with Gasteiger partial charge < -0.3 is 5.32 Å². The van der Waals surface area contributed by atoms with Crippen molar-refractivity contribution in [2.45, 2.75) is 13.5 Å². The molecule has 0 aliphatic heterocycles. The quantitative estimate of drug-likeness (QED) is 0.925. The average Bonchev–Trinajstić information content (AvgIpc) is 2.37. The number of halogens is 2. The molecule has 0 unspecified atom stereocenters. The number of nitrogens with zero attached hydrogens (tertiary/aromatic N) is 1. The molecule has 98 valence electrons. The Bertz CT molecular complexity index is 616. The van der Waals surface area contributed by atoms with Crippen molar-refractivity contribution >= 4 is 33.4 Å². The zero-order valence-corrected chi connectivity index (χ0v) is 12.6. The molecule has 2 rings (SSSR count). The number of amides is 1. The Balaban J connectivity index is 2.08. The van der Waals surface area contributed by atoms with Gasteiger partial charge in [0.1, 0.15) is 0 Å². The number of aryl methyl sites for hydroxylation is 1. The van der Waals surface area contributed by atoms with E-state index < -0.39 is 0 Å². The molecule has 0 saturated carbocycles. The number of benzene rings is 1. The van der Waals surface area contributed by atoms with E-state index in [1.807, 2.05) is 13.0 Å². The van der Waals surface area contributed by atoms with Gasteiger partial charge in [-0.2, -0.15) is 0 Å². The molecule has 1 amide bonds. The lowest BCUT2D eigenvalue weighted by Gasteiger charge is -2.09. The zero-order chi connectivity index (χ0) is 13.8. The number of carbonyl (C=O) groups excluding carboxylic acids is 1. The van der Waals surface area contributed by atoms with Crippen molar-refractivity contribution in [2.75, 3.05) is 0 Å². The van der Waals surface area contributed by atoms with Crippen molar-refractivity contribution in [1.29, 1.82) is 0 Å². The first-order valence-corrected chi connectivity index (χ1v) is 6.88. The Morgan fingerprint density at radius 3 is 2.89 bits per heavy atom. The predicted molar refractivity (Wildman–Crippen MR) is 79.3 cm³/mol. The van der Waals surface area contributed by atoms with Crippen LogP contribution in [0.2, 0.25) is 5.02 Å². The van der Waals surface area contributed by atoms with E-state index in [0.29, 0.717) is 21.6 Å². The summed E-state index contributed by atoms with van der Waals surface area (Å²) in [6, 6.07) is 6.99. The summed E-state index contributed by atoms with van der Waals surface area (Å²) >= 11 is 9.18. The first-order valence-electron chi connectivity index (χ1n) is 5.70. The van der Waals surface area contributed by atoms with Crippen molar-refractivity contribution in [3.05, 3.63) is 62.8 Å². The molecule has 0 aliphatic rings. The predicted octanol–water partition coefficient (Wildman–Crippen LogP) is 3.74. The summed E-state index contributed by atoms with van der Waals surface area (Å²) < 4.78 is 0.684. The van der Waals surface area contributed by atoms with E-state index in [0.717, 1.165) is 11.1 Å². The molecule has 0 radical (unpaired) electrons. The third-order valence-corrected chi connectivity index (χ3v) is 3.64. The second kappa shape index (κ2) is 6.17. The molecule has 0 atom stereocenters. The van der Waals surface area contributed by atoms with Crippen LogP contribution in [-0.4, -0.2) is 10.9 Å². The molecule has 1 N–H and O–H groups in total. The highest BCUT2D eigenvalue weighted by molar-refractivity contribution is 9.10. The SMILES string of the molecule is Cc1cnccc1CNC(=O)c1ccc(Cl)cc1Br. The van der Waals surface area contributed by atoms with Crippen molar-refractivity contribution in [3.63, 3.8) is 0 Å². The van der Waals surface area contributed by atoms with E-state index in [1.165, 1.54) is 0 Å². The standard InChI is InChI=1S/C14H12BrClN2O/c1-9-7-17-5-4-10(9)8-18-14(19)12-3-2-11(16)6-13(12)15/h2-7H,8H2,1H3,(H,18,19). The number of nitrogens with one attached hydrogen (secondary N) is 1. The van der Waals surface area contributed by atoms with Crippen LogP contribution in [0.15, 0.2) is 41.1 Å². The fourth-order valence-electron chi connectivity index (χ4n) is 1.64. The maximum atomic E-state index is 12.1. The monoisotopic (exact) mass is 338 g/mol. The highest BCUT2D eigenvalue weighted by Gasteiger charge is 2.10. The summed E-state index contributed by atoms with van der Waals surface area (Å²) in [5, 5.41) is 3.47. The number of hydrogen-bond donors (Lipinski definition) is 1. The summed E-state index contributed by atoms with van der Waals surface area (Å²) in [6.07, 6.45) is 3.49. The Morgan fingerprint density at radius 2 is 2.21 bits per heavy atom. The van der Waals surface area contributed by atoms with Gasteiger partial charge in [0.05, 0.1) is 5.56 Å². The molecule has 1 heterocycles. The number of rotatable bonds is 3. The molecule has 0 fully saturated rings. The van der Waals surface area contributed by atoms with Gasteiger partial charge in [0.2, 0.25) is 0 Å². The lowest BCUT2D eigenvalue weighted by atomic mass is 10.1. The first kappa shape index (κ1) is 14.0. The van der Waals surface area contributed by atoms with E-state index >= 15 is 0 Å². The molecular formula is C14H12BrClN2O. The maximum absolute atomic E-state index is 12.1. The number of carbonyl (C=O) groups is 1. The van der Waals surface area contributed by atoms with Crippen LogP contribution in [-0.2, 0) is 6.54 Å². The van der Waals surface area contributed by atoms with Gasteiger partial charge in [0.15, 0.2) is 0 Å². The highest BCUT2D eigenvalue weighted by Crippen LogP contribution is 2.21. The van der Waals surface area contributed by atoms with Crippen LogP contribution in [0.5, 0.6) is 0 Å². The van der Waals surface area contributed by atoms with E-state index in [2.05, 4.69) is 26.2 Å². The normalized spacial score (nSPS) is 10.3. The van der Waals surface area contributed by atoms with Crippen LogP contribution in [0.4, 0.5) is 0 Å². The fourth-order valence-corrected chi connectivity index (χ4v) is 2.51. The summed E-state index contributed by atoms with van der Waals surface area (Å²) in [5.41, 5.74) is 2.67. The number of pyridine rings is 1. The van der Waals surface area contributed by atoms with E-state index in [9.17, 15) is 4.79 Å². The summed E-state index contributed by atoms with van der Waals surface area (Å²) in [4.78, 5) is 16.1. The summed E-state index contributed by atoms with van der Waals surface area (Å²) in [7, 11) is 0.